The lowest BCUT2D eigenvalue weighted by Crippen LogP contribution is -2.30. The van der Waals surface area contributed by atoms with Gasteiger partial charge in [0.15, 0.2) is 17.6 Å². The van der Waals surface area contributed by atoms with E-state index in [9.17, 15) is 19.7 Å². The predicted octanol–water partition coefficient (Wildman–Crippen LogP) is 2.09. The van der Waals surface area contributed by atoms with E-state index in [-0.39, 0.29) is 23.7 Å². The van der Waals surface area contributed by atoms with Crippen molar-refractivity contribution in [3.05, 3.63) is 52.1 Å². The van der Waals surface area contributed by atoms with Gasteiger partial charge in [-0.3, -0.25) is 14.9 Å². The van der Waals surface area contributed by atoms with Crippen molar-refractivity contribution in [3.63, 3.8) is 0 Å². The second-order valence-corrected chi connectivity index (χ2v) is 5.63. The minimum atomic E-state index is -1.17. The topological polar surface area (TPSA) is 143 Å². The summed E-state index contributed by atoms with van der Waals surface area (Å²) in [6.07, 6.45) is -1.17. The van der Waals surface area contributed by atoms with Crippen LogP contribution < -0.4 is 20.5 Å². The second kappa shape index (κ2) is 7.20. The van der Waals surface area contributed by atoms with Crippen LogP contribution in [0, 0.1) is 10.1 Å². The van der Waals surface area contributed by atoms with Gasteiger partial charge in [0.05, 0.1) is 10.5 Å². The highest BCUT2D eigenvalue weighted by Gasteiger charge is 2.23. The zero-order valence-corrected chi connectivity index (χ0v) is 14.1. The van der Waals surface area contributed by atoms with Gasteiger partial charge in [-0.2, -0.15) is 0 Å². The number of hydrogen-bond acceptors (Lipinski definition) is 8. The maximum atomic E-state index is 12.2. The fourth-order valence-electron chi connectivity index (χ4n) is 2.33. The fraction of sp³-hybridized carbons (Fsp3) is 0.176. The van der Waals surface area contributed by atoms with Gasteiger partial charge in [0.1, 0.15) is 0 Å². The number of non-ortho nitro benzene ring substituents is 1. The van der Waals surface area contributed by atoms with Crippen LogP contribution in [-0.4, -0.2) is 29.7 Å². The molecule has 10 nitrogen and oxygen atoms in total. The third-order valence-electron chi connectivity index (χ3n) is 3.76. The number of hydrogen-bond donors (Lipinski definition) is 2. The smallest absolute Gasteiger partial charge is 0.341 e. The molecule has 1 aliphatic heterocycles. The van der Waals surface area contributed by atoms with Gasteiger partial charge in [0, 0.05) is 29.6 Å². The van der Waals surface area contributed by atoms with Gasteiger partial charge < -0.3 is 25.3 Å². The van der Waals surface area contributed by atoms with E-state index in [1.807, 2.05) is 0 Å². The number of nitrogen functional groups attached to an aromatic ring is 1. The van der Waals surface area contributed by atoms with Crippen molar-refractivity contribution in [1.29, 1.82) is 0 Å². The van der Waals surface area contributed by atoms with E-state index >= 15 is 0 Å². The molecular formula is C17H15N3O7. The quantitative estimate of drug-likeness (QED) is 0.351. The first kappa shape index (κ1) is 18.0. The molecule has 0 saturated heterocycles. The molecule has 0 radical (unpaired) electrons. The first-order valence-corrected chi connectivity index (χ1v) is 7.80. The molecule has 140 valence electrons. The van der Waals surface area contributed by atoms with Crippen LogP contribution >= 0.6 is 0 Å². The van der Waals surface area contributed by atoms with Crippen LogP contribution in [0.2, 0.25) is 0 Å². The van der Waals surface area contributed by atoms with E-state index in [0.717, 1.165) is 6.07 Å². The number of ether oxygens (including phenoxy) is 3. The van der Waals surface area contributed by atoms with Gasteiger partial charge >= 0.3 is 5.97 Å². The van der Waals surface area contributed by atoms with Crippen molar-refractivity contribution in [2.24, 2.45) is 0 Å². The summed E-state index contributed by atoms with van der Waals surface area (Å²) in [6, 6.07) is 8.22. The summed E-state index contributed by atoms with van der Waals surface area (Å²) in [7, 11) is 0. The van der Waals surface area contributed by atoms with Crippen LogP contribution in [0.15, 0.2) is 36.4 Å². The van der Waals surface area contributed by atoms with Gasteiger partial charge in [0.2, 0.25) is 6.79 Å². The molecule has 1 aliphatic rings. The summed E-state index contributed by atoms with van der Waals surface area (Å²) < 4.78 is 15.5. The third-order valence-corrected chi connectivity index (χ3v) is 3.76. The Morgan fingerprint density at radius 2 is 1.96 bits per heavy atom. The molecule has 27 heavy (non-hydrogen) atoms. The minimum absolute atomic E-state index is 0.00831. The number of nitrogens with two attached hydrogens (primary N) is 1. The van der Waals surface area contributed by atoms with E-state index in [0.29, 0.717) is 17.2 Å². The number of nitrogens with one attached hydrogen (secondary N) is 1. The molecule has 0 saturated carbocycles. The highest BCUT2D eigenvalue weighted by Crippen LogP contribution is 2.34. The number of rotatable bonds is 5. The third kappa shape index (κ3) is 3.89. The monoisotopic (exact) mass is 373 g/mol. The molecule has 2 aromatic rings. The van der Waals surface area contributed by atoms with E-state index in [2.05, 4.69) is 5.32 Å². The Morgan fingerprint density at radius 3 is 2.70 bits per heavy atom. The number of anilines is 2. The highest BCUT2D eigenvalue weighted by molar-refractivity contribution is 6.00. The molecule has 1 atom stereocenters. The van der Waals surface area contributed by atoms with Crippen molar-refractivity contribution in [2.75, 3.05) is 17.8 Å². The normalized spacial score (nSPS) is 12.9. The zero-order chi connectivity index (χ0) is 19.6. The lowest BCUT2D eigenvalue weighted by Gasteiger charge is -2.14. The summed E-state index contributed by atoms with van der Waals surface area (Å²) in [5.74, 6) is -0.480. The Kier molecular flexibility index (Phi) is 4.79. The molecule has 10 heteroatoms. The number of nitrogens with zero attached hydrogens (tertiary/aromatic N) is 1. The first-order chi connectivity index (χ1) is 12.8. The number of benzene rings is 2. The van der Waals surface area contributed by atoms with Crippen molar-refractivity contribution < 1.29 is 28.7 Å². The molecular weight excluding hydrogens is 358 g/mol. The minimum Gasteiger partial charge on any atom is -0.454 e. The number of amides is 1. The van der Waals surface area contributed by atoms with Crippen molar-refractivity contribution >= 4 is 28.9 Å². The maximum Gasteiger partial charge on any atom is 0.341 e. The van der Waals surface area contributed by atoms with E-state index in [1.165, 1.54) is 19.1 Å². The van der Waals surface area contributed by atoms with Crippen LogP contribution in [0.5, 0.6) is 11.5 Å². The molecule has 1 heterocycles. The van der Waals surface area contributed by atoms with Crippen LogP contribution in [0.3, 0.4) is 0 Å². The molecule has 2 aromatic carbocycles. The molecule has 3 N–H and O–H groups in total. The lowest BCUT2D eigenvalue weighted by molar-refractivity contribution is -0.384. The molecule has 0 fully saturated rings. The zero-order valence-electron chi connectivity index (χ0n) is 14.1. The Labute approximate surface area is 153 Å². The first-order valence-electron chi connectivity index (χ1n) is 7.80. The van der Waals surface area contributed by atoms with E-state index in [1.54, 1.807) is 18.2 Å². The van der Waals surface area contributed by atoms with Gasteiger partial charge in [-0.25, -0.2) is 4.79 Å². The number of nitro groups is 1. The van der Waals surface area contributed by atoms with E-state index < -0.39 is 22.9 Å². The standard InChI is InChI=1S/C17H15N3O7/c1-9(16(21)19-10-2-5-14-15(6-10)26-8-25-14)27-17(22)12-7-11(20(23)24)3-4-13(12)18/h2-7,9H,8,18H2,1H3,(H,19,21). The largest absolute Gasteiger partial charge is 0.454 e. The van der Waals surface area contributed by atoms with E-state index in [4.69, 9.17) is 19.9 Å². The van der Waals surface area contributed by atoms with Gasteiger partial charge in [-0.15, -0.1) is 0 Å². The lowest BCUT2D eigenvalue weighted by atomic mass is 10.1. The Bertz CT molecular complexity index is 929. The van der Waals surface area contributed by atoms with Crippen LogP contribution in [-0.2, 0) is 9.53 Å². The predicted molar refractivity (Wildman–Crippen MR) is 93.6 cm³/mol. The molecule has 0 spiro atoms. The van der Waals surface area contributed by atoms with Crippen molar-refractivity contribution in [1.82, 2.24) is 0 Å². The van der Waals surface area contributed by atoms with Crippen LogP contribution in [0.4, 0.5) is 17.1 Å². The average Bonchev–Trinajstić information content (AvgIpc) is 3.09. The van der Waals surface area contributed by atoms with Gasteiger partial charge in [-0.1, -0.05) is 0 Å². The second-order valence-electron chi connectivity index (χ2n) is 5.63. The van der Waals surface area contributed by atoms with Crippen LogP contribution in [0.25, 0.3) is 0 Å². The molecule has 1 unspecified atom stereocenters. The molecule has 0 aliphatic carbocycles. The average molecular weight is 373 g/mol. The number of esters is 1. The van der Waals surface area contributed by atoms with Crippen molar-refractivity contribution in [3.8, 4) is 11.5 Å². The SMILES string of the molecule is CC(OC(=O)c1cc([N+](=O)[O-])ccc1N)C(=O)Nc1ccc2c(c1)OCO2. The number of nitro benzene ring substituents is 1. The summed E-state index contributed by atoms with van der Waals surface area (Å²) in [4.78, 5) is 34.6. The number of carbonyl (C=O) groups is 2. The summed E-state index contributed by atoms with van der Waals surface area (Å²) in [6.45, 7) is 1.47. The number of fused-ring (bicyclic) bond motifs is 1. The maximum absolute atomic E-state index is 12.2. The molecule has 0 aromatic heterocycles. The van der Waals surface area contributed by atoms with Gasteiger partial charge in [0.25, 0.3) is 11.6 Å². The highest BCUT2D eigenvalue weighted by atomic mass is 16.7. The van der Waals surface area contributed by atoms with Crippen molar-refractivity contribution in [2.45, 2.75) is 13.0 Å². The molecule has 3 rings (SSSR count). The summed E-state index contributed by atoms with van der Waals surface area (Å²) in [5, 5.41) is 13.4. The molecule has 0 bridgehead atoms. The Balaban J connectivity index is 1.66. The number of carbonyl (C=O) groups excluding carboxylic acids is 2. The Morgan fingerprint density at radius 1 is 1.22 bits per heavy atom. The summed E-state index contributed by atoms with van der Waals surface area (Å²) in [5.41, 5.74) is 5.61. The fourth-order valence-corrected chi connectivity index (χ4v) is 2.33. The summed E-state index contributed by atoms with van der Waals surface area (Å²) >= 11 is 0. The molecule has 1 amide bonds. The van der Waals surface area contributed by atoms with Gasteiger partial charge in [-0.05, 0) is 25.1 Å². The van der Waals surface area contributed by atoms with Crippen LogP contribution in [0.1, 0.15) is 17.3 Å². The Hall–Kier alpha value is -3.82.